The SMILES string of the molecule is CCCNCc1cc(F)ccc1-c1ccc(OC)cc1C. The zero-order chi connectivity index (χ0) is 15.2. The van der Waals surface area contributed by atoms with Crippen LogP contribution in [-0.2, 0) is 6.54 Å². The van der Waals surface area contributed by atoms with Crippen molar-refractivity contribution >= 4 is 0 Å². The minimum absolute atomic E-state index is 0.196. The second-order valence-electron chi connectivity index (χ2n) is 5.16. The van der Waals surface area contributed by atoms with Crippen molar-refractivity contribution in [3.05, 3.63) is 53.3 Å². The third-order valence-electron chi connectivity index (χ3n) is 3.53. The molecule has 1 N–H and O–H groups in total. The fourth-order valence-electron chi connectivity index (χ4n) is 2.44. The molecule has 0 radical (unpaired) electrons. The van der Waals surface area contributed by atoms with Gasteiger partial charge in [-0.25, -0.2) is 4.39 Å². The quantitative estimate of drug-likeness (QED) is 0.799. The van der Waals surface area contributed by atoms with E-state index in [0.29, 0.717) is 6.54 Å². The summed E-state index contributed by atoms with van der Waals surface area (Å²) >= 11 is 0. The lowest BCUT2D eigenvalue weighted by atomic mass is 9.95. The highest BCUT2D eigenvalue weighted by atomic mass is 19.1. The van der Waals surface area contributed by atoms with Crippen molar-refractivity contribution in [2.24, 2.45) is 0 Å². The van der Waals surface area contributed by atoms with Crippen molar-refractivity contribution in [3.63, 3.8) is 0 Å². The monoisotopic (exact) mass is 287 g/mol. The van der Waals surface area contributed by atoms with E-state index in [4.69, 9.17) is 4.74 Å². The summed E-state index contributed by atoms with van der Waals surface area (Å²) in [6.45, 7) is 5.77. The molecule has 0 aliphatic carbocycles. The normalized spacial score (nSPS) is 10.7. The molecule has 0 fully saturated rings. The van der Waals surface area contributed by atoms with E-state index in [1.807, 2.05) is 31.2 Å². The van der Waals surface area contributed by atoms with Gasteiger partial charge in [0.15, 0.2) is 0 Å². The van der Waals surface area contributed by atoms with Crippen LogP contribution in [0.1, 0.15) is 24.5 Å². The van der Waals surface area contributed by atoms with Gasteiger partial charge in [-0.1, -0.05) is 19.1 Å². The number of rotatable bonds is 6. The molecular weight excluding hydrogens is 265 g/mol. The van der Waals surface area contributed by atoms with Gasteiger partial charge in [-0.05, 0) is 66.4 Å². The van der Waals surface area contributed by atoms with Crippen molar-refractivity contribution in [1.82, 2.24) is 5.32 Å². The van der Waals surface area contributed by atoms with Gasteiger partial charge < -0.3 is 10.1 Å². The van der Waals surface area contributed by atoms with Crippen molar-refractivity contribution in [2.75, 3.05) is 13.7 Å². The maximum atomic E-state index is 13.5. The Labute approximate surface area is 126 Å². The molecule has 0 saturated carbocycles. The van der Waals surface area contributed by atoms with Crippen molar-refractivity contribution in [1.29, 1.82) is 0 Å². The van der Waals surface area contributed by atoms with Gasteiger partial charge in [0.05, 0.1) is 7.11 Å². The van der Waals surface area contributed by atoms with Crippen molar-refractivity contribution in [2.45, 2.75) is 26.8 Å². The average Bonchev–Trinajstić information content (AvgIpc) is 2.48. The number of benzene rings is 2. The number of methoxy groups -OCH3 is 1. The van der Waals surface area contributed by atoms with Gasteiger partial charge in [0.25, 0.3) is 0 Å². The predicted octanol–water partition coefficient (Wildman–Crippen LogP) is 4.31. The van der Waals surface area contributed by atoms with E-state index in [0.717, 1.165) is 41.0 Å². The van der Waals surface area contributed by atoms with Gasteiger partial charge >= 0.3 is 0 Å². The summed E-state index contributed by atoms with van der Waals surface area (Å²) in [6, 6.07) is 11.0. The van der Waals surface area contributed by atoms with Crippen LogP contribution in [0.2, 0.25) is 0 Å². The summed E-state index contributed by atoms with van der Waals surface area (Å²) in [5.41, 5.74) is 4.29. The Hall–Kier alpha value is -1.87. The van der Waals surface area contributed by atoms with E-state index < -0.39 is 0 Å². The second-order valence-corrected chi connectivity index (χ2v) is 5.16. The summed E-state index contributed by atoms with van der Waals surface area (Å²) in [5.74, 6) is 0.641. The van der Waals surface area contributed by atoms with Crippen LogP contribution in [0.3, 0.4) is 0 Å². The third-order valence-corrected chi connectivity index (χ3v) is 3.53. The summed E-state index contributed by atoms with van der Waals surface area (Å²) in [6.07, 6.45) is 1.06. The Bertz CT molecular complexity index is 610. The Kier molecular flexibility index (Phi) is 5.34. The maximum absolute atomic E-state index is 13.5. The molecule has 0 bridgehead atoms. The lowest BCUT2D eigenvalue weighted by Crippen LogP contribution is -2.14. The fourth-order valence-corrected chi connectivity index (χ4v) is 2.44. The van der Waals surface area contributed by atoms with E-state index in [2.05, 4.69) is 12.2 Å². The second kappa shape index (κ2) is 7.23. The standard InChI is InChI=1S/C18H22FNO/c1-4-9-20-12-14-11-15(19)5-7-18(14)17-8-6-16(21-3)10-13(17)2/h5-8,10-11,20H,4,9,12H2,1-3H3. The van der Waals surface area contributed by atoms with E-state index in [9.17, 15) is 4.39 Å². The maximum Gasteiger partial charge on any atom is 0.123 e. The Morgan fingerprint density at radius 3 is 2.52 bits per heavy atom. The zero-order valence-electron chi connectivity index (χ0n) is 12.9. The highest BCUT2D eigenvalue weighted by Crippen LogP contribution is 2.30. The lowest BCUT2D eigenvalue weighted by molar-refractivity contribution is 0.414. The minimum Gasteiger partial charge on any atom is -0.497 e. The largest absolute Gasteiger partial charge is 0.497 e. The van der Waals surface area contributed by atoms with Crippen LogP contribution < -0.4 is 10.1 Å². The minimum atomic E-state index is -0.196. The molecule has 112 valence electrons. The number of nitrogens with one attached hydrogen (secondary N) is 1. The lowest BCUT2D eigenvalue weighted by Gasteiger charge is -2.14. The molecule has 0 spiro atoms. The number of hydrogen-bond donors (Lipinski definition) is 1. The Balaban J connectivity index is 2.38. The Morgan fingerprint density at radius 1 is 1.10 bits per heavy atom. The molecule has 0 saturated heterocycles. The molecule has 0 aliphatic rings. The van der Waals surface area contributed by atoms with Crippen LogP contribution in [-0.4, -0.2) is 13.7 Å². The molecular formula is C18H22FNO. The van der Waals surface area contributed by atoms with Crippen LogP contribution in [0.15, 0.2) is 36.4 Å². The van der Waals surface area contributed by atoms with Gasteiger partial charge in [0.1, 0.15) is 11.6 Å². The number of aryl methyl sites for hydroxylation is 1. The summed E-state index contributed by atoms with van der Waals surface area (Å²) in [5, 5.41) is 3.34. The van der Waals surface area contributed by atoms with Crippen LogP contribution in [0.25, 0.3) is 11.1 Å². The molecule has 0 unspecified atom stereocenters. The predicted molar refractivity (Wildman–Crippen MR) is 85.1 cm³/mol. The van der Waals surface area contributed by atoms with Gasteiger partial charge in [-0.2, -0.15) is 0 Å². The first-order valence-electron chi connectivity index (χ1n) is 7.30. The molecule has 2 rings (SSSR count). The van der Waals surface area contributed by atoms with Crippen LogP contribution >= 0.6 is 0 Å². The van der Waals surface area contributed by atoms with E-state index in [1.54, 1.807) is 13.2 Å². The van der Waals surface area contributed by atoms with E-state index in [-0.39, 0.29) is 5.82 Å². The fraction of sp³-hybridized carbons (Fsp3) is 0.333. The first-order valence-corrected chi connectivity index (χ1v) is 7.30. The molecule has 3 heteroatoms. The van der Waals surface area contributed by atoms with Gasteiger partial charge in [0.2, 0.25) is 0 Å². The molecule has 0 heterocycles. The topological polar surface area (TPSA) is 21.3 Å². The molecule has 2 aromatic carbocycles. The average molecular weight is 287 g/mol. The van der Waals surface area contributed by atoms with Gasteiger partial charge in [-0.15, -0.1) is 0 Å². The molecule has 0 amide bonds. The molecule has 2 nitrogen and oxygen atoms in total. The van der Waals surface area contributed by atoms with Crippen molar-refractivity contribution < 1.29 is 9.13 Å². The Morgan fingerprint density at radius 2 is 1.86 bits per heavy atom. The van der Waals surface area contributed by atoms with Crippen molar-refractivity contribution in [3.8, 4) is 16.9 Å². The van der Waals surface area contributed by atoms with E-state index >= 15 is 0 Å². The highest BCUT2D eigenvalue weighted by molar-refractivity contribution is 5.71. The molecule has 0 aromatic heterocycles. The molecule has 21 heavy (non-hydrogen) atoms. The first kappa shape index (κ1) is 15.5. The zero-order valence-corrected chi connectivity index (χ0v) is 12.9. The van der Waals surface area contributed by atoms with Crippen LogP contribution in [0.5, 0.6) is 5.75 Å². The third kappa shape index (κ3) is 3.82. The first-order chi connectivity index (χ1) is 10.2. The highest BCUT2D eigenvalue weighted by Gasteiger charge is 2.09. The van der Waals surface area contributed by atoms with Gasteiger partial charge in [-0.3, -0.25) is 0 Å². The number of halogens is 1. The summed E-state index contributed by atoms with van der Waals surface area (Å²) < 4.78 is 18.8. The molecule has 0 atom stereocenters. The number of hydrogen-bond acceptors (Lipinski definition) is 2. The molecule has 0 aliphatic heterocycles. The van der Waals surface area contributed by atoms with Crippen LogP contribution in [0.4, 0.5) is 4.39 Å². The summed E-state index contributed by atoms with van der Waals surface area (Å²) in [7, 11) is 1.66. The van der Waals surface area contributed by atoms with Gasteiger partial charge in [0, 0.05) is 6.54 Å². The van der Waals surface area contributed by atoms with Crippen LogP contribution in [0, 0.1) is 12.7 Å². The molecule has 2 aromatic rings. The smallest absolute Gasteiger partial charge is 0.123 e. The number of ether oxygens (including phenoxy) is 1. The van der Waals surface area contributed by atoms with E-state index in [1.165, 1.54) is 6.07 Å². The summed E-state index contributed by atoms with van der Waals surface area (Å²) in [4.78, 5) is 0.